The first-order valence-electron chi connectivity index (χ1n) is 9.21. The van der Waals surface area contributed by atoms with E-state index >= 15 is 0 Å². The van der Waals surface area contributed by atoms with Crippen molar-refractivity contribution in [3.63, 3.8) is 0 Å². The number of imidazole rings is 1. The fourth-order valence-electron chi connectivity index (χ4n) is 2.98. The van der Waals surface area contributed by atoms with Crippen LogP contribution in [0.3, 0.4) is 0 Å². The van der Waals surface area contributed by atoms with Crippen LogP contribution >= 0.6 is 27.7 Å². The van der Waals surface area contributed by atoms with E-state index in [1.54, 1.807) is 6.20 Å². The zero-order valence-corrected chi connectivity index (χ0v) is 18.2. The second-order valence-corrected chi connectivity index (χ2v) is 8.47. The zero-order chi connectivity index (χ0) is 20.2. The van der Waals surface area contributed by atoms with Crippen molar-refractivity contribution >= 4 is 33.6 Å². The Morgan fingerprint density at radius 1 is 1.21 bits per heavy atom. The van der Waals surface area contributed by atoms with E-state index < -0.39 is 0 Å². The third kappa shape index (κ3) is 4.94. The average Bonchev–Trinajstić information content (AvgIpc) is 3.21. The van der Waals surface area contributed by atoms with Crippen molar-refractivity contribution in [1.29, 1.82) is 0 Å². The van der Waals surface area contributed by atoms with E-state index in [1.165, 1.54) is 11.8 Å². The number of carbonyl (C=O) groups is 1. The summed E-state index contributed by atoms with van der Waals surface area (Å²) in [6.45, 7) is 3.05. The molecule has 0 saturated carbocycles. The van der Waals surface area contributed by atoms with E-state index in [9.17, 15) is 4.79 Å². The Morgan fingerprint density at radius 3 is 2.76 bits per heavy atom. The van der Waals surface area contributed by atoms with E-state index in [4.69, 9.17) is 9.47 Å². The van der Waals surface area contributed by atoms with Gasteiger partial charge in [-0.3, -0.25) is 4.79 Å². The summed E-state index contributed by atoms with van der Waals surface area (Å²) in [5, 5.41) is 3.73. The molecule has 2 aromatic carbocycles. The molecule has 1 aliphatic rings. The fraction of sp³-hybridized carbons (Fsp3) is 0.238. The van der Waals surface area contributed by atoms with Crippen LogP contribution in [0.4, 0.5) is 0 Å². The molecule has 1 aliphatic heterocycles. The van der Waals surface area contributed by atoms with Crippen LogP contribution in [0, 0.1) is 0 Å². The second kappa shape index (κ2) is 8.92. The number of rotatable bonds is 6. The summed E-state index contributed by atoms with van der Waals surface area (Å²) in [5.74, 6) is 1.69. The highest BCUT2D eigenvalue weighted by Gasteiger charge is 2.16. The largest absolute Gasteiger partial charge is 0.486 e. The number of hydrogen-bond acceptors (Lipinski definition) is 5. The summed E-state index contributed by atoms with van der Waals surface area (Å²) < 4.78 is 12.2. The molecule has 29 heavy (non-hydrogen) atoms. The van der Waals surface area contributed by atoms with Gasteiger partial charge in [-0.1, -0.05) is 45.9 Å². The third-order valence-electron chi connectivity index (χ3n) is 4.49. The minimum atomic E-state index is -0.131. The molecule has 0 saturated heterocycles. The van der Waals surface area contributed by atoms with E-state index in [2.05, 4.69) is 31.2 Å². The maximum Gasteiger partial charge on any atom is 0.230 e. The molecule has 6 nitrogen and oxygen atoms in total. The van der Waals surface area contributed by atoms with Gasteiger partial charge in [0.1, 0.15) is 13.2 Å². The molecule has 0 radical (unpaired) electrons. The smallest absolute Gasteiger partial charge is 0.230 e. The van der Waals surface area contributed by atoms with Gasteiger partial charge in [-0.2, -0.15) is 0 Å². The predicted octanol–water partition coefficient (Wildman–Crippen LogP) is 4.58. The standard InChI is InChI=1S/C21H20BrN3O3S/c1-13(15-4-7-18-19(10-15)28-9-8-27-18)24-20(26)12-29-21-23-11-17(25-21)14-2-5-16(22)6-3-14/h2-7,10-11,13H,8-9,12H2,1H3,(H,23,25)(H,24,26). The van der Waals surface area contributed by atoms with Crippen LogP contribution < -0.4 is 14.8 Å². The van der Waals surface area contributed by atoms with E-state index in [-0.39, 0.29) is 17.7 Å². The van der Waals surface area contributed by atoms with Crippen LogP contribution in [0.5, 0.6) is 11.5 Å². The van der Waals surface area contributed by atoms with E-state index in [0.29, 0.717) is 18.4 Å². The van der Waals surface area contributed by atoms with Crippen molar-refractivity contribution < 1.29 is 14.3 Å². The number of halogens is 1. The number of benzene rings is 2. The number of nitrogens with zero attached hydrogens (tertiary/aromatic N) is 1. The molecule has 3 aromatic rings. The molecule has 4 rings (SSSR count). The Kier molecular flexibility index (Phi) is 6.10. The summed E-state index contributed by atoms with van der Waals surface area (Å²) in [4.78, 5) is 20.0. The SMILES string of the molecule is CC(NC(=O)CSc1ncc(-c2ccc(Br)cc2)[nH]1)c1ccc2c(c1)OCCO2. The Balaban J connectivity index is 1.31. The molecule has 8 heteroatoms. The molecule has 1 amide bonds. The van der Waals surface area contributed by atoms with Crippen LogP contribution in [0.2, 0.25) is 0 Å². The second-order valence-electron chi connectivity index (χ2n) is 6.59. The van der Waals surface area contributed by atoms with Gasteiger partial charge < -0.3 is 19.8 Å². The first kappa shape index (κ1) is 19.8. The van der Waals surface area contributed by atoms with Crippen molar-refractivity contribution in [2.45, 2.75) is 18.1 Å². The van der Waals surface area contributed by atoms with Crippen molar-refractivity contribution in [2.24, 2.45) is 0 Å². The van der Waals surface area contributed by atoms with E-state index in [0.717, 1.165) is 32.8 Å². The van der Waals surface area contributed by atoms with Gasteiger partial charge in [-0.05, 0) is 42.3 Å². The number of aromatic amines is 1. The maximum absolute atomic E-state index is 12.4. The number of H-pyrrole nitrogens is 1. The van der Waals surface area contributed by atoms with Gasteiger partial charge in [0, 0.05) is 4.47 Å². The average molecular weight is 474 g/mol. The van der Waals surface area contributed by atoms with Gasteiger partial charge in [0.15, 0.2) is 16.7 Å². The summed E-state index contributed by atoms with van der Waals surface area (Å²) >= 11 is 4.81. The van der Waals surface area contributed by atoms with Gasteiger partial charge in [-0.25, -0.2) is 4.98 Å². The van der Waals surface area contributed by atoms with Crippen molar-refractivity contribution in [3.8, 4) is 22.8 Å². The predicted molar refractivity (Wildman–Crippen MR) is 116 cm³/mol. The van der Waals surface area contributed by atoms with Crippen LogP contribution in [-0.4, -0.2) is 34.8 Å². The maximum atomic E-state index is 12.4. The molecule has 150 valence electrons. The molecule has 1 aromatic heterocycles. The molecule has 0 spiro atoms. The first-order valence-corrected chi connectivity index (χ1v) is 11.0. The summed E-state index contributed by atoms with van der Waals surface area (Å²) in [6.07, 6.45) is 1.78. The van der Waals surface area contributed by atoms with Gasteiger partial charge in [0.25, 0.3) is 0 Å². The molecular weight excluding hydrogens is 454 g/mol. The third-order valence-corrected chi connectivity index (χ3v) is 5.91. The lowest BCUT2D eigenvalue weighted by Crippen LogP contribution is -2.28. The first-order chi connectivity index (χ1) is 14.1. The van der Waals surface area contributed by atoms with Crippen LogP contribution in [0.15, 0.2) is 58.3 Å². The minimum absolute atomic E-state index is 0.0565. The molecule has 0 bridgehead atoms. The lowest BCUT2D eigenvalue weighted by Gasteiger charge is -2.21. The summed E-state index contributed by atoms with van der Waals surface area (Å²) in [7, 11) is 0. The summed E-state index contributed by atoms with van der Waals surface area (Å²) in [5.41, 5.74) is 2.94. The van der Waals surface area contributed by atoms with Gasteiger partial charge in [0.05, 0.1) is 23.7 Å². The summed E-state index contributed by atoms with van der Waals surface area (Å²) in [6, 6.07) is 13.6. The van der Waals surface area contributed by atoms with Crippen LogP contribution in [-0.2, 0) is 4.79 Å². The van der Waals surface area contributed by atoms with Crippen LogP contribution in [0.25, 0.3) is 11.3 Å². The highest BCUT2D eigenvalue weighted by Crippen LogP contribution is 2.32. The van der Waals surface area contributed by atoms with Gasteiger partial charge in [-0.15, -0.1) is 0 Å². The number of aromatic nitrogens is 2. The lowest BCUT2D eigenvalue weighted by atomic mass is 10.1. The molecule has 0 fully saturated rings. The highest BCUT2D eigenvalue weighted by atomic mass is 79.9. The normalized spacial score (nSPS) is 13.7. The number of nitrogens with one attached hydrogen (secondary N) is 2. The Bertz CT molecular complexity index is 1010. The number of hydrogen-bond donors (Lipinski definition) is 2. The Labute approximate surface area is 181 Å². The Morgan fingerprint density at radius 2 is 1.97 bits per heavy atom. The van der Waals surface area contributed by atoms with Crippen molar-refractivity contribution in [1.82, 2.24) is 15.3 Å². The number of carbonyl (C=O) groups excluding carboxylic acids is 1. The van der Waals surface area contributed by atoms with Crippen molar-refractivity contribution in [2.75, 3.05) is 19.0 Å². The molecule has 2 N–H and O–H groups in total. The topological polar surface area (TPSA) is 76.2 Å². The van der Waals surface area contributed by atoms with Gasteiger partial charge in [0.2, 0.25) is 5.91 Å². The molecule has 1 atom stereocenters. The number of fused-ring (bicyclic) bond motifs is 1. The number of ether oxygens (including phenoxy) is 2. The zero-order valence-electron chi connectivity index (χ0n) is 15.8. The molecule has 0 aliphatic carbocycles. The van der Waals surface area contributed by atoms with Crippen LogP contribution in [0.1, 0.15) is 18.5 Å². The fourth-order valence-corrected chi connectivity index (χ4v) is 3.91. The number of thioether (sulfide) groups is 1. The number of amides is 1. The Hall–Kier alpha value is -2.45. The minimum Gasteiger partial charge on any atom is -0.486 e. The molecular formula is C21H20BrN3O3S. The van der Waals surface area contributed by atoms with Crippen molar-refractivity contribution in [3.05, 3.63) is 58.7 Å². The van der Waals surface area contributed by atoms with E-state index in [1.807, 2.05) is 49.4 Å². The highest BCUT2D eigenvalue weighted by molar-refractivity contribution is 9.10. The molecule has 1 unspecified atom stereocenters. The van der Waals surface area contributed by atoms with Gasteiger partial charge >= 0.3 is 0 Å². The lowest BCUT2D eigenvalue weighted by molar-refractivity contribution is -0.119. The monoisotopic (exact) mass is 473 g/mol. The molecule has 2 heterocycles. The quantitative estimate of drug-likeness (QED) is 0.512.